The Morgan fingerprint density at radius 3 is 2.25 bits per heavy atom. The van der Waals surface area contributed by atoms with Gasteiger partial charge in [0.15, 0.2) is 0 Å². The van der Waals surface area contributed by atoms with Crippen molar-refractivity contribution in [1.29, 1.82) is 0 Å². The van der Waals surface area contributed by atoms with E-state index in [-0.39, 0.29) is 19.6 Å². The molecule has 196 valence electrons. The van der Waals surface area contributed by atoms with Crippen LogP contribution >= 0.6 is 0 Å². The number of carbonyl (C=O) groups excluding carboxylic acids is 3. The first-order valence-electron chi connectivity index (χ1n) is 12.8. The van der Waals surface area contributed by atoms with E-state index in [1.54, 1.807) is 0 Å². The molecule has 0 unspecified atom stereocenters. The van der Waals surface area contributed by atoms with Crippen LogP contribution in [0.2, 0.25) is 16.6 Å². The lowest BCUT2D eigenvalue weighted by molar-refractivity contribution is -0.154. The van der Waals surface area contributed by atoms with E-state index >= 15 is 0 Å². The van der Waals surface area contributed by atoms with Gasteiger partial charge in [0.05, 0.1) is 31.2 Å². The fourth-order valence-electron chi connectivity index (χ4n) is 6.47. The molecule has 1 aromatic rings. The number of para-hydroxylation sites is 1. The monoisotopic (exact) mass is 515 g/mol. The van der Waals surface area contributed by atoms with E-state index in [1.807, 2.05) is 24.3 Å². The molecule has 9 heteroatoms. The molecule has 0 N–H and O–H groups in total. The molecule has 0 aromatic heterocycles. The Hall–Kier alpha value is -2.81. The zero-order chi connectivity index (χ0) is 26.4. The predicted octanol–water partition coefficient (Wildman–Crippen LogP) is 5.14. The minimum atomic E-state index is -2.39. The SMILES string of the molecule is COC(=O)[C@H]1CC(O[Si](C(C)C)(C(C)C)C(C)C)=C2c3ccccc3O[C@H]2[C@@H]1C(=O)N1CCOC1=O. The zero-order valence-corrected chi connectivity index (χ0v) is 23.2. The number of nitrogens with zero attached hydrogens (tertiary/aromatic N) is 1. The number of carbonyl (C=O) groups is 3. The molecule has 1 aliphatic carbocycles. The highest BCUT2D eigenvalue weighted by atomic mass is 28.4. The fourth-order valence-corrected chi connectivity index (χ4v) is 11.8. The largest absolute Gasteiger partial charge is 0.545 e. The molecular weight excluding hydrogens is 478 g/mol. The lowest BCUT2D eigenvalue weighted by Gasteiger charge is -2.45. The predicted molar refractivity (Wildman–Crippen MR) is 137 cm³/mol. The van der Waals surface area contributed by atoms with Gasteiger partial charge in [0.25, 0.3) is 8.32 Å². The van der Waals surface area contributed by atoms with Crippen LogP contribution in [0.4, 0.5) is 4.79 Å². The van der Waals surface area contributed by atoms with Gasteiger partial charge in [-0.3, -0.25) is 9.59 Å². The summed E-state index contributed by atoms with van der Waals surface area (Å²) in [6.45, 7) is 13.5. The minimum Gasteiger partial charge on any atom is -0.545 e. The number of ether oxygens (including phenoxy) is 3. The molecule has 0 saturated carbocycles. The molecule has 3 aliphatic rings. The fraction of sp³-hybridized carbons (Fsp3) is 0.593. The number of hydrogen-bond donors (Lipinski definition) is 0. The van der Waals surface area contributed by atoms with Crippen molar-refractivity contribution in [2.75, 3.05) is 20.3 Å². The van der Waals surface area contributed by atoms with Gasteiger partial charge in [-0.1, -0.05) is 59.7 Å². The number of benzene rings is 1. The molecule has 0 bridgehead atoms. The van der Waals surface area contributed by atoms with Crippen molar-refractivity contribution in [2.24, 2.45) is 11.8 Å². The summed E-state index contributed by atoms with van der Waals surface area (Å²) in [6.07, 6.45) is -1.26. The first-order chi connectivity index (χ1) is 17.0. The number of imide groups is 1. The highest BCUT2D eigenvalue weighted by molar-refractivity contribution is 6.78. The summed E-state index contributed by atoms with van der Waals surface area (Å²) in [5, 5.41) is 0. The van der Waals surface area contributed by atoms with E-state index in [4.69, 9.17) is 18.6 Å². The third kappa shape index (κ3) is 4.11. The Morgan fingerprint density at radius 1 is 1.06 bits per heavy atom. The molecular formula is C27H37NO7Si. The van der Waals surface area contributed by atoms with Crippen molar-refractivity contribution in [1.82, 2.24) is 4.90 Å². The normalized spacial score (nSPS) is 23.6. The number of fused-ring (bicyclic) bond motifs is 3. The molecule has 8 nitrogen and oxygen atoms in total. The quantitative estimate of drug-likeness (QED) is 0.367. The molecule has 1 fully saturated rings. The number of allylic oxidation sites excluding steroid dienone is 1. The number of hydrogen-bond acceptors (Lipinski definition) is 7. The Bertz CT molecular complexity index is 1060. The van der Waals surface area contributed by atoms with Crippen molar-refractivity contribution in [3.63, 3.8) is 0 Å². The maximum Gasteiger partial charge on any atom is 0.416 e. The van der Waals surface area contributed by atoms with Gasteiger partial charge in [-0.15, -0.1) is 0 Å². The van der Waals surface area contributed by atoms with Gasteiger partial charge in [0, 0.05) is 17.6 Å². The Balaban J connectivity index is 1.89. The summed E-state index contributed by atoms with van der Waals surface area (Å²) >= 11 is 0. The molecule has 4 rings (SSSR count). The highest BCUT2D eigenvalue weighted by Crippen LogP contribution is 2.53. The lowest BCUT2D eigenvalue weighted by Crippen LogP contribution is -2.52. The summed E-state index contributed by atoms with van der Waals surface area (Å²) < 4.78 is 23.7. The molecule has 36 heavy (non-hydrogen) atoms. The van der Waals surface area contributed by atoms with Crippen molar-refractivity contribution in [2.45, 2.75) is 70.7 Å². The van der Waals surface area contributed by atoms with Crippen molar-refractivity contribution in [3.8, 4) is 5.75 Å². The Labute approximate surface area is 214 Å². The van der Waals surface area contributed by atoms with Crippen molar-refractivity contribution < 1.29 is 33.0 Å². The van der Waals surface area contributed by atoms with E-state index in [1.165, 1.54) is 7.11 Å². The van der Waals surface area contributed by atoms with E-state index < -0.39 is 44.2 Å². The second kappa shape index (κ2) is 9.92. The third-order valence-corrected chi connectivity index (χ3v) is 14.0. The van der Waals surface area contributed by atoms with Crippen molar-refractivity contribution in [3.05, 3.63) is 35.6 Å². The van der Waals surface area contributed by atoms with Crippen LogP contribution in [0.15, 0.2) is 30.0 Å². The van der Waals surface area contributed by atoms with Crippen LogP contribution < -0.4 is 4.74 Å². The topological polar surface area (TPSA) is 91.4 Å². The van der Waals surface area contributed by atoms with Gasteiger partial charge in [0.2, 0.25) is 5.91 Å². The smallest absolute Gasteiger partial charge is 0.416 e. The van der Waals surface area contributed by atoms with E-state index in [2.05, 4.69) is 41.5 Å². The molecule has 3 atom stereocenters. The average Bonchev–Trinajstić information content (AvgIpc) is 3.43. The lowest BCUT2D eigenvalue weighted by atomic mass is 9.74. The molecule has 0 radical (unpaired) electrons. The van der Waals surface area contributed by atoms with E-state index in [0.29, 0.717) is 28.1 Å². The molecule has 1 saturated heterocycles. The number of cyclic esters (lactones) is 1. The van der Waals surface area contributed by atoms with Gasteiger partial charge in [0.1, 0.15) is 18.5 Å². The van der Waals surface area contributed by atoms with Crippen LogP contribution in [0, 0.1) is 11.8 Å². The highest BCUT2D eigenvalue weighted by Gasteiger charge is 2.56. The molecule has 2 aliphatic heterocycles. The van der Waals surface area contributed by atoms with Crippen LogP contribution in [0.5, 0.6) is 5.75 Å². The van der Waals surface area contributed by atoms with E-state index in [0.717, 1.165) is 16.0 Å². The van der Waals surface area contributed by atoms with Gasteiger partial charge >= 0.3 is 12.1 Å². The van der Waals surface area contributed by atoms with Crippen LogP contribution in [-0.2, 0) is 23.5 Å². The van der Waals surface area contributed by atoms with Gasteiger partial charge in [-0.2, -0.15) is 0 Å². The Morgan fingerprint density at radius 2 is 1.69 bits per heavy atom. The first-order valence-corrected chi connectivity index (χ1v) is 14.9. The average molecular weight is 516 g/mol. The number of rotatable bonds is 7. The third-order valence-electron chi connectivity index (χ3n) is 8.00. The standard InChI is InChI=1S/C27H37NO7Si/c1-15(2)36(16(3)4,17(5)6)35-21-14-19(26(30)32-7)23(25(29)28-12-13-33-27(28)31)24-22(21)18-10-8-9-11-20(18)34-24/h8-11,15-17,19,23-24H,12-14H2,1-7H3/t19-,23+,24+/m0/s1. The number of amides is 2. The van der Waals surface area contributed by atoms with Gasteiger partial charge in [-0.05, 0) is 22.7 Å². The van der Waals surface area contributed by atoms with Gasteiger partial charge in [-0.25, -0.2) is 9.69 Å². The molecule has 2 heterocycles. The Kier molecular flexibility index (Phi) is 7.23. The summed E-state index contributed by atoms with van der Waals surface area (Å²) in [5.41, 5.74) is 2.61. The second-order valence-electron chi connectivity index (χ2n) is 10.8. The summed E-state index contributed by atoms with van der Waals surface area (Å²) in [7, 11) is -1.08. The van der Waals surface area contributed by atoms with Crippen LogP contribution in [0.1, 0.15) is 53.5 Å². The summed E-state index contributed by atoms with van der Waals surface area (Å²) in [4.78, 5) is 40.2. The molecule has 2 amide bonds. The first kappa shape index (κ1) is 26.3. The van der Waals surface area contributed by atoms with E-state index in [9.17, 15) is 14.4 Å². The maximum absolute atomic E-state index is 13.7. The van der Waals surface area contributed by atoms with Crippen LogP contribution in [-0.4, -0.2) is 57.6 Å². The minimum absolute atomic E-state index is 0.133. The second-order valence-corrected chi connectivity index (χ2v) is 16.1. The van der Waals surface area contributed by atoms with Gasteiger partial charge < -0.3 is 18.6 Å². The number of esters is 1. The van der Waals surface area contributed by atoms with Crippen LogP contribution in [0.25, 0.3) is 5.57 Å². The summed E-state index contributed by atoms with van der Waals surface area (Å²) in [5.74, 6) is -1.46. The zero-order valence-electron chi connectivity index (χ0n) is 22.2. The molecule has 0 spiro atoms. The summed E-state index contributed by atoms with van der Waals surface area (Å²) in [6, 6.07) is 7.62. The molecule has 1 aromatic carbocycles. The maximum atomic E-state index is 13.7. The number of methoxy groups -OCH3 is 1. The van der Waals surface area contributed by atoms with Crippen LogP contribution in [0.3, 0.4) is 0 Å². The van der Waals surface area contributed by atoms with Crippen molar-refractivity contribution >= 4 is 31.9 Å².